The molecule has 0 bridgehead atoms. The molecule has 1 amide bonds. The highest BCUT2D eigenvalue weighted by atomic mass is 16.2. The largest absolute Gasteiger partial charge is 0.341 e. The molecule has 1 aromatic rings. The summed E-state index contributed by atoms with van der Waals surface area (Å²) in [4.78, 5) is 13.8. The van der Waals surface area contributed by atoms with Crippen LogP contribution in [0.15, 0.2) is 24.3 Å². The maximum absolute atomic E-state index is 12.0. The van der Waals surface area contributed by atoms with Gasteiger partial charge in [0.05, 0.1) is 0 Å². The van der Waals surface area contributed by atoms with Crippen LogP contribution in [0.4, 0.5) is 0 Å². The van der Waals surface area contributed by atoms with Crippen LogP contribution in [0.1, 0.15) is 37.8 Å². The number of rotatable bonds is 7. The predicted octanol–water partition coefficient (Wildman–Crippen LogP) is 2.73. The fraction of sp³-hybridized carbons (Fsp3) is 0.562. The standard InChI is InChI=1S/C16H26N2O/c1-13(2)17-11-5-6-16(19)18(4)12-15-9-7-14(3)8-10-15/h7-10,13,17H,5-6,11-12H2,1-4H3. The number of carbonyl (C=O) groups excluding carboxylic acids is 1. The molecule has 1 rings (SSSR count). The molecule has 1 aromatic carbocycles. The molecule has 1 N–H and O–H groups in total. The van der Waals surface area contributed by atoms with Gasteiger partial charge in [0, 0.05) is 26.1 Å². The number of benzene rings is 1. The quantitative estimate of drug-likeness (QED) is 0.766. The van der Waals surface area contributed by atoms with Crippen LogP contribution in [0.3, 0.4) is 0 Å². The summed E-state index contributed by atoms with van der Waals surface area (Å²) in [6.45, 7) is 7.90. The summed E-state index contributed by atoms with van der Waals surface area (Å²) in [6.07, 6.45) is 1.51. The van der Waals surface area contributed by atoms with Gasteiger partial charge in [0.25, 0.3) is 0 Å². The topological polar surface area (TPSA) is 32.3 Å². The highest BCUT2D eigenvalue weighted by Crippen LogP contribution is 2.07. The lowest BCUT2D eigenvalue weighted by atomic mass is 10.1. The smallest absolute Gasteiger partial charge is 0.222 e. The Kier molecular flexibility index (Phi) is 6.57. The Hall–Kier alpha value is -1.35. The first-order valence-electron chi connectivity index (χ1n) is 7.02. The van der Waals surface area contributed by atoms with Crippen molar-refractivity contribution in [3.8, 4) is 0 Å². The molecular formula is C16H26N2O. The van der Waals surface area contributed by atoms with Crippen molar-refractivity contribution in [2.75, 3.05) is 13.6 Å². The Morgan fingerprint density at radius 1 is 1.26 bits per heavy atom. The van der Waals surface area contributed by atoms with E-state index < -0.39 is 0 Å². The summed E-state index contributed by atoms with van der Waals surface area (Å²) in [5.41, 5.74) is 2.43. The van der Waals surface area contributed by atoms with Gasteiger partial charge in [-0.1, -0.05) is 43.7 Å². The SMILES string of the molecule is Cc1ccc(CN(C)C(=O)CCCNC(C)C)cc1. The maximum atomic E-state index is 12.0. The van der Waals surface area contributed by atoms with Crippen LogP contribution in [-0.2, 0) is 11.3 Å². The lowest BCUT2D eigenvalue weighted by Gasteiger charge is -2.17. The molecule has 0 atom stereocenters. The molecule has 0 fully saturated rings. The minimum atomic E-state index is 0.214. The van der Waals surface area contributed by atoms with Crippen molar-refractivity contribution < 1.29 is 4.79 Å². The Balaban J connectivity index is 2.30. The van der Waals surface area contributed by atoms with Crippen LogP contribution in [0.2, 0.25) is 0 Å². The molecule has 0 aliphatic carbocycles. The predicted molar refractivity (Wildman–Crippen MR) is 80.0 cm³/mol. The van der Waals surface area contributed by atoms with E-state index in [1.54, 1.807) is 4.90 Å². The average molecular weight is 262 g/mol. The molecule has 106 valence electrons. The molecule has 0 radical (unpaired) electrons. The van der Waals surface area contributed by atoms with Gasteiger partial charge in [0.2, 0.25) is 5.91 Å². The Bertz CT molecular complexity index is 384. The molecule has 3 heteroatoms. The number of carbonyl (C=O) groups is 1. The second-order valence-corrected chi connectivity index (χ2v) is 5.45. The van der Waals surface area contributed by atoms with Crippen LogP contribution < -0.4 is 5.32 Å². The minimum absolute atomic E-state index is 0.214. The summed E-state index contributed by atoms with van der Waals surface area (Å²) in [6, 6.07) is 8.82. The van der Waals surface area contributed by atoms with E-state index in [4.69, 9.17) is 0 Å². The van der Waals surface area contributed by atoms with E-state index >= 15 is 0 Å². The first-order valence-corrected chi connectivity index (χ1v) is 7.02. The van der Waals surface area contributed by atoms with E-state index in [0.29, 0.717) is 19.0 Å². The zero-order valence-electron chi connectivity index (χ0n) is 12.6. The van der Waals surface area contributed by atoms with Gasteiger partial charge in [-0.2, -0.15) is 0 Å². The van der Waals surface area contributed by atoms with Gasteiger partial charge >= 0.3 is 0 Å². The van der Waals surface area contributed by atoms with E-state index in [1.165, 1.54) is 11.1 Å². The van der Waals surface area contributed by atoms with Crippen molar-refractivity contribution in [1.82, 2.24) is 10.2 Å². The van der Waals surface area contributed by atoms with E-state index in [2.05, 4.69) is 50.4 Å². The van der Waals surface area contributed by atoms with Crippen molar-refractivity contribution in [3.05, 3.63) is 35.4 Å². The zero-order valence-corrected chi connectivity index (χ0v) is 12.6. The van der Waals surface area contributed by atoms with E-state index in [-0.39, 0.29) is 5.91 Å². The molecular weight excluding hydrogens is 236 g/mol. The van der Waals surface area contributed by atoms with Crippen LogP contribution in [-0.4, -0.2) is 30.4 Å². The summed E-state index contributed by atoms with van der Waals surface area (Å²) in [5.74, 6) is 0.214. The Labute approximate surface area is 117 Å². The third-order valence-corrected chi connectivity index (χ3v) is 3.09. The molecule has 3 nitrogen and oxygen atoms in total. The molecule has 0 saturated heterocycles. The van der Waals surface area contributed by atoms with Crippen molar-refractivity contribution >= 4 is 5.91 Å². The van der Waals surface area contributed by atoms with Gasteiger partial charge in [-0.05, 0) is 25.5 Å². The van der Waals surface area contributed by atoms with E-state index in [9.17, 15) is 4.79 Å². The second-order valence-electron chi connectivity index (χ2n) is 5.45. The van der Waals surface area contributed by atoms with Crippen molar-refractivity contribution in [2.45, 2.75) is 46.2 Å². The summed E-state index contributed by atoms with van der Waals surface area (Å²) in [7, 11) is 1.87. The monoisotopic (exact) mass is 262 g/mol. The normalized spacial score (nSPS) is 10.8. The molecule has 0 unspecified atom stereocenters. The summed E-state index contributed by atoms with van der Waals surface area (Å²) < 4.78 is 0. The number of hydrogen-bond acceptors (Lipinski definition) is 2. The maximum Gasteiger partial charge on any atom is 0.222 e. The van der Waals surface area contributed by atoms with Gasteiger partial charge in [0.15, 0.2) is 0 Å². The Morgan fingerprint density at radius 2 is 1.89 bits per heavy atom. The van der Waals surface area contributed by atoms with Crippen molar-refractivity contribution in [2.24, 2.45) is 0 Å². The van der Waals surface area contributed by atoms with Crippen LogP contribution in [0.5, 0.6) is 0 Å². The van der Waals surface area contributed by atoms with Crippen molar-refractivity contribution in [3.63, 3.8) is 0 Å². The van der Waals surface area contributed by atoms with Gasteiger partial charge in [-0.25, -0.2) is 0 Å². The Morgan fingerprint density at radius 3 is 2.47 bits per heavy atom. The number of hydrogen-bond donors (Lipinski definition) is 1. The highest BCUT2D eigenvalue weighted by molar-refractivity contribution is 5.75. The summed E-state index contributed by atoms with van der Waals surface area (Å²) in [5, 5.41) is 3.32. The fourth-order valence-electron chi connectivity index (χ4n) is 1.88. The average Bonchev–Trinajstić information content (AvgIpc) is 2.36. The van der Waals surface area contributed by atoms with E-state index in [0.717, 1.165) is 13.0 Å². The molecule has 0 spiro atoms. The molecule has 0 aliphatic rings. The van der Waals surface area contributed by atoms with Gasteiger partial charge < -0.3 is 10.2 Å². The summed E-state index contributed by atoms with van der Waals surface area (Å²) >= 11 is 0. The second kappa shape index (κ2) is 7.95. The molecule has 19 heavy (non-hydrogen) atoms. The third kappa shape index (κ3) is 6.39. The zero-order chi connectivity index (χ0) is 14.3. The van der Waals surface area contributed by atoms with E-state index in [1.807, 2.05) is 7.05 Å². The number of nitrogens with one attached hydrogen (secondary N) is 1. The lowest BCUT2D eigenvalue weighted by Crippen LogP contribution is -2.28. The first kappa shape index (κ1) is 15.7. The molecule has 0 aliphatic heterocycles. The molecule has 0 aromatic heterocycles. The van der Waals surface area contributed by atoms with Gasteiger partial charge in [0.1, 0.15) is 0 Å². The van der Waals surface area contributed by atoms with Gasteiger partial charge in [-0.15, -0.1) is 0 Å². The number of nitrogens with zero attached hydrogens (tertiary/aromatic N) is 1. The number of aryl methyl sites for hydroxylation is 1. The molecule has 0 heterocycles. The number of amides is 1. The third-order valence-electron chi connectivity index (χ3n) is 3.09. The van der Waals surface area contributed by atoms with Crippen LogP contribution in [0, 0.1) is 6.92 Å². The van der Waals surface area contributed by atoms with Crippen LogP contribution in [0.25, 0.3) is 0 Å². The molecule has 0 saturated carbocycles. The van der Waals surface area contributed by atoms with Crippen LogP contribution >= 0.6 is 0 Å². The minimum Gasteiger partial charge on any atom is -0.341 e. The first-order chi connectivity index (χ1) is 8.99. The highest BCUT2D eigenvalue weighted by Gasteiger charge is 2.08. The van der Waals surface area contributed by atoms with Gasteiger partial charge in [-0.3, -0.25) is 4.79 Å². The fourth-order valence-corrected chi connectivity index (χ4v) is 1.88. The van der Waals surface area contributed by atoms with Crippen molar-refractivity contribution in [1.29, 1.82) is 0 Å². The lowest BCUT2D eigenvalue weighted by molar-refractivity contribution is -0.130.